The number of ether oxygens (including phenoxy) is 3. The summed E-state index contributed by atoms with van der Waals surface area (Å²) >= 11 is 1.33. The molecule has 0 bridgehead atoms. The van der Waals surface area contributed by atoms with Gasteiger partial charge in [-0.2, -0.15) is 0 Å². The smallest absolute Gasteiger partial charge is 0.357 e. The third-order valence-electron chi connectivity index (χ3n) is 2.90. The Morgan fingerprint density at radius 1 is 1.33 bits per heavy atom. The molecule has 0 spiro atoms. The van der Waals surface area contributed by atoms with E-state index in [0.29, 0.717) is 29.8 Å². The highest BCUT2D eigenvalue weighted by Crippen LogP contribution is 2.33. The molecule has 2 aromatic rings. The molecule has 7 heteroatoms. The highest BCUT2D eigenvalue weighted by Gasteiger charge is 2.13. The molecule has 2 heterocycles. The molecule has 0 fully saturated rings. The zero-order valence-corrected chi connectivity index (χ0v) is 12.2. The summed E-state index contributed by atoms with van der Waals surface area (Å²) in [5, 5.41) is 5.40. The quantitative estimate of drug-likeness (QED) is 0.879. The fourth-order valence-electron chi connectivity index (χ4n) is 1.89. The van der Waals surface area contributed by atoms with Crippen molar-refractivity contribution in [3.8, 4) is 11.5 Å². The number of fused-ring (bicyclic) bond motifs is 1. The van der Waals surface area contributed by atoms with Crippen molar-refractivity contribution in [2.45, 2.75) is 6.42 Å². The Bertz CT molecular complexity index is 656. The van der Waals surface area contributed by atoms with Crippen LogP contribution in [0, 0.1) is 0 Å². The first-order valence-corrected chi connectivity index (χ1v) is 7.35. The van der Waals surface area contributed by atoms with Gasteiger partial charge in [0.1, 0.15) is 0 Å². The highest BCUT2D eigenvalue weighted by atomic mass is 32.1. The zero-order chi connectivity index (χ0) is 14.7. The second kappa shape index (κ2) is 6.01. The number of aromatic nitrogens is 1. The Balaban J connectivity index is 1.77. The summed E-state index contributed by atoms with van der Waals surface area (Å²) in [4.78, 5) is 15.5. The molecule has 0 aliphatic carbocycles. The molecule has 6 nitrogen and oxygen atoms in total. The van der Waals surface area contributed by atoms with Crippen molar-refractivity contribution < 1.29 is 19.0 Å². The molecule has 0 unspecified atom stereocenters. The lowest BCUT2D eigenvalue weighted by atomic mass is 10.3. The van der Waals surface area contributed by atoms with Gasteiger partial charge in [0.25, 0.3) is 0 Å². The molecule has 1 N–H and O–H groups in total. The lowest BCUT2D eigenvalue weighted by molar-refractivity contribution is 0.0595. The molecule has 0 saturated heterocycles. The van der Waals surface area contributed by atoms with Gasteiger partial charge in [-0.05, 0) is 12.1 Å². The Hall–Kier alpha value is -2.28. The number of rotatable bonds is 3. The summed E-state index contributed by atoms with van der Waals surface area (Å²) in [7, 11) is 1.33. The Kier molecular flexibility index (Phi) is 3.92. The van der Waals surface area contributed by atoms with E-state index >= 15 is 0 Å². The number of thiazole rings is 1. The topological polar surface area (TPSA) is 69.7 Å². The van der Waals surface area contributed by atoms with Crippen LogP contribution in [0.25, 0.3) is 0 Å². The molecule has 3 rings (SSSR count). The molecule has 1 aliphatic heterocycles. The first kappa shape index (κ1) is 13.7. The van der Waals surface area contributed by atoms with Gasteiger partial charge in [-0.15, -0.1) is 11.3 Å². The van der Waals surface area contributed by atoms with Gasteiger partial charge in [0.05, 0.1) is 20.3 Å². The van der Waals surface area contributed by atoms with E-state index in [1.54, 1.807) is 5.38 Å². The third kappa shape index (κ3) is 3.08. The van der Waals surface area contributed by atoms with Gasteiger partial charge in [0.2, 0.25) is 0 Å². The van der Waals surface area contributed by atoms with Crippen LogP contribution in [0.15, 0.2) is 23.6 Å². The predicted octanol–water partition coefficient (Wildman–Crippen LogP) is 2.83. The van der Waals surface area contributed by atoms with Gasteiger partial charge in [-0.1, -0.05) is 0 Å². The van der Waals surface area contributed by atoms with Crippen molar-refractivity contribution in [3.05, 3.63) is 29.3 Å². The van der Waals surface area contributed by atoms with Crippen LogP contribution >= 0.6 is 11.3 Å². The standard InChI is InChI=1S/C14H14N2O4S/c1-18-13(17)10-8-21-14(16-10)15-9-3-4-11-12(7-9)20-6-2-5-19-11/h3-4,7-8H,2,5-6H2,1H3,(H,15,16). The molecule has 21 heavy (non-hydrogen) atoms. The summed E-state index contributed by atoms with van der Waals surface area (Å²) in [6.45, 7) is 1.30. The van der Waals surface area contributed by atoms with Gasteiger partial charge in [-0.3, -0.25) is 0 Å². The maximum atomic E-state index is 11.4. The van der Waals surface area contributed by atoms with E-state index in [1.165, 1.54) is 18.4 Å². The minimum Gasteiger partial charge on any atom is -0.490 e. The number of hydrogen-bond donors (Lipinski definition) is 1. The fraction of sp³-hybridized carbons (Fsp3) is 0.286. The van der Waals surface area contributed by atoms with Gasteiger partial charge in [-0.25, -0.2) is 9.78 Å². The van der Waals surface area contributed by atoms with Gasteiger partial charge >= 0.3 is 5.97 Å². The van der Waals surface area contributed by atoms with Gasteiger partial charge in [0.15, 0.2) is 22.3 Å². The molecule has 1 aromatic carbocycles. The number of nitrogens with zero attached hydrogens (tertiary/aromatic N) is 1. The summed E-state index contributed by atoms with van der Waals surface area (Å²) < 4.78 is 15.8. The largest absolute Gasteiger partial charge is 0.490 e. The number of benzene rings is 1. The van der Waals surface area contributed by atoms with Crippen molar-refractivity contribution in [2.24, 2.45) is 0 Å². The summed E-state index contributed by atoms with van der Waals surface area (Å²) in [6, 6.07) is 5.60. The van der Waals surface area contributed by atoms with Crippen LogP contribution in [0.4, 0.5) is 10.8 Å². The monoisotopic (exact) mass is 306 g/mol. The lowest BCUT2D eigenvalue weighted by Crippen LogP contribution is -2.01. The van der Waals surface area contributed by atoms with Crippen LogP contribution in [-0.2, 0) is 4.74 Å². The van der Waals surface area contributed by atoms with Crippen LogP contribution in [0.3, 0.4) is 0 Å². The third-order valence-corrected chi connectivity index (χ3v) is 3.66. The van der Waals surface area contributed by atoms with Crippen LogP contribution in [0.1, 0.15) is 16.9 Å². The molecule has 0 radical (unpaired) electrons. The van der Waals surface area contributed by atoms with E-state index in [2.05, 4.69) is 15.0 Å². The normalized spacial score (nSPS) is 13.4. The van der Waals surface area contributed by atoms with E-state index < -0.39 is 5.97 Å². The van der Waals surface area contributed by atoms with Crippen LogP contribution in [0.2, 0.25) is 0 Å². The Morgan fingerprint density at radius 3 is 2.95 bits per heavy atom. The van der Waals surface area contributed by atoms with E-state index in [0.717, 1.165) is 17.9 Å². The van der Waals surface area contributed by atoms with E-state index in [9.17, 15) is 4.79 Å². The maximum absolute atomic E-state index is 11.4. The molecule has 1 aromatic heterocycles. The molecule has 0 amide bonds. The number of hydrogen-bond acceptors (Lipinski definition) is 7. The molecular formula is C14H14N2O4S. The molecule has 110 valence electrons. The summed E-state index contributed by atoms with van der Waals surface area (Å²) in [5.41, 5.74) is 1.12. The molecular weight excluding hydrogens is 292 g/mol. The second-order valence-electron chi connectivity index (χ2n) is 4.37. The minimum absolute atomic E-state index is 0.291. The fourth-order valence-corrected chi connectivity index (χ4v) is 2.59. The van der Waals surface area contributed by atoms with E-state index in [-0.39, 0.29) is 0 Å². The summed E-state index contributed by atoms with van der Waals surface area (Å²) in [6.07, 6.45) is 0.867. The first-order valence-electron chi connectivity index (χ1n) is 6.47. The van der Waals surface area contributed by atoms with Crippen molar-refractivity contribution in [3.63, 3.8) is 0 Å². The van der Waals surface area contributed by atoms with Crippen LogP contribution in [-0.4, -0.2) is 31.3 Å². The van der Waals surface area contributed by atoms with Gasteiger partial charge in [0, 0.05) is 23.6 Å². The van der Waals surface area contributed by atoms with Crippen LogP contribution in [0.5, 0.6) is 11.5 Å². The SMILES string of the molecule is COC(=O)c1csc(Nc2ccc3c(c2)OCCCO3)n1. The average molecular weight is 306 g/mol. The maximum Gasteiger partial charge on any atom is 0.357 e. The van der Waals surface area contributed by atoms with E-state index in [4.69, 9.17) is 9.47 Å². The Labute approximate surface area is 125 Å². The lowest BCUT2D eigenvalue weighted by Gasteiger charge is -2.09. The number of esters is 1. The number of anilines is 2. The van der Waals surface area contributed by atoms with Crippen LogP contribution < -0.4 is 14.8 Å². The second-order valence-corrected chi connectivity index (χ2v) is 5.22. The van der Waals surface area contributed by atoms with Crippen molar-refractivity contribution >= 4 is 28.1 Å². The van der Waals surface area contributed by atoms with Gasteiger partial charge < -0.3 is 19.5 Å². The van der Waals surface area contributed by atoms with Crippen molar-refractivity contribution in [1.29, 1.82) is 0 Å². The molecule has 0 saturated carbocycles. The molecule has 1 aliphatic rings. The summed E-state index contributed by atoms with van der Waals surface area (Å²) in [5.74, 6) is 1.01. The minimum atomic E-state index is -0.446. The number of carbonyl (C=O) groups excluding carboxylic acids is 1. The molecule has 0 atom stereocenters. The zero-order valence-electron chi connectivity index (χ0n) is 11.4. The number of nitrogens with one attached hydrogen (secondary N) is 1. The number of methoxy groups -OCH3 is 1. The average Bonchev–Trinajstić information content (AvgIpc) is 2.83. The van der Waals surface area contributed by atoms with Crippen molar-refractivity contribution in [2.75, 3.05) is 25.6 Å². The first-order chi connectivity index (χ1) is 10.3. The van der Waals surface area contributed by atoms with Crippen molar-refractivity contribution in [1.82, 2.24) is 4.98 Å². The number of carbonyl (C=O) groups is 1. The predicted molar refractivity (Wildman–Crippen MR) is 78.8 cm³/mol. The Morgan fingerprint density at radius 2 is 2.14 bits per heavy atom. The highest BCUT2D eigenvalue weighted by molar-refractivity contribution is 7.14. The van der Waals surface area contributed by atoms with E-state index in [1.807, 2.05) is 18.2 Å².